The van der Waals surface area contributed by atoms with Crippen molar-refractivity contribution in [3.8, 4) is 0 Å². The van der Waals surface area contributed by atoms with Gasteiger partial charge in [-0.25, -0.2) is 9.17 Å². The van der Waals surface area contributed by atoms with Crippen molar-refractivity contribution < 1.29 is 18.7 Å². The fraction of sp³-hybridized carbons (Fsp3) is 0.200. The Morgan fingerprint density at radius 2 is 2.36 bits per heavy atom. The zero-order chi connectivity index (χ0) is 8.48. The maximum absolute atomic E-state index is 12.5. The van der Waals surface area contributed by atoms with Crippen LogP contribution in [0.4, 0.5) is 8.78 Å². The zero-order valence-corrected chi connectivity index (χ0v) is 5.94. The number of carboxylic acids is 1. The first-order chi connectivity index (χ1) is 5.05. The van der Waals surface area contributed by atoms with Gasteiger partial charge in [0.25, 0.3) is 0 Å². The summed E-state index contributed by atoms with van der Waals surface area (Å²) in [6.45, 7) is 0. The third kappa shape index (κ3) is 1.35. The van der Waals surface area contributed by atoms with Gasteiger partial charge < -0.3 is 5.11 Å². The molecule has 0 aliphatic carbocycles. The number of nitrogens with zero attached hydrogens (tertiary/aromatic N) is 1. The van der Waals surface area contributed by atoms with Crippen LogP contribution in [0.25, 0.3) is 0 Å². The molecule has 60 valence electrons. The number of hydrogen-bond acceptors (Lipinski definition) is 3. The van der Waals surface area contributed by atoms with Crippen molar-refractivity contribution >= 4 is 17.5 Å². The van der Waals surface area contributed by atoms with Gasteiger partial charge in [-0.05, 0) is 11.5 Å². The second kappa shape index (κ2) is 2.54. The Balaban J connectivity index is 3.00. The number of aliphatic carboxylic acids is 1. The number of hydrogen-bond donors (Lipinski definition) is 1. The quantitative estimate of drug-likeness (QED) is 0.744. The normalized spacial score (nSPS) is 11.5. The molecule has 0 atom stereocenters. The summed E-state index contributed by atoms with van der Waals surface area (Å²) in [7, 11) is 0. The second-order valence-electron chi connectivity index (χ2n) is 1.79. The Labute approximate surface area is 64.4 Å². The maximum Gasteiger partial charge on any atom is 0.379 e. The molecule has 0 amide bonds. The minimum atomic E-state index is -3.81. The molecule has 0 fully saturated rings. The van der Waals surface area contributed by atoms with Gasteiger partial charge in [-0.1, -0.05) is 0 Å². The SMILES string of the molecule is O=C(O)C(F)(F)c1cnsc1. The molecule has 0 aliphatic heterocycles. The van der Waals surface area contributed by atoms with Gasteiger partial charge in [0.15, 0.2) is 0 Å². The number of carbonyl (C=O) groups is 1. The van der Waals surface area contributed by atoms with Crippen LogP contribution in [0.3, 0.4) is 0 Å². The lowest BCUT2D eigenvalue weighted by atomic mass is 10.2. The summed E-state index contributed by atoms with van der Waals surface area (Å²) in [5.74, 6) is -5.97. The van der Waals surface area contributed by atoms with Crippen molar-refractivity contribution in [1.29, 1.82) is 0 Å². The Morgan fingerprint density at radius 1 is 1.73 bits per heavy atom. The van der Waals surface area contributed by atoms with Crippen LogP contribution >= 0.6 is 11.5 Å². The Bertz CT molecular complexity index is 259. The topological polar surface area (TPSA) is 50.2 Å². The fourth-order valence-electron chi connectivity index (χ4n) is 0.483. The van der Waals surface area contributed by atoms with E-state index in [9.17, 15) is 13.6 Å². The largest absolute Gasteiger partial charge is 0.477 e. The molecule has 1 N–H and O–H groups in total. The third-order valence-corrected chi connectivity index (χ3v) is 1.65. The molecule has 1 aromatic rings. The number of aromatic nitrogens is 1. The van der Waals surface area contributed by atoms with E-state index in [1.165, 1.54) is 0 Å². The summed E-state index contributed by atoms with van der Waals surface area (Å²) in [6.07, 6.45) is 0.846. The fourth-order valence-corrected chi connectivity index (χ4v) is 1.04. The van der Waals surface area contributed by atoms with E-state index in [0.29, 0.717) is 0 Å². The van der Waals surface area contributed by atoms with Crippen LogP contribution in [0.5, 0.6) is 0 Å². The molecule has 1 rings (SSSR count). The molecule has 0 aliphatic rings. The summed E-state index contributed by atoms with van der Waals surface area (Å²) in [4.78, 5) is 9.95. The smallest absolute Gasteiger partial charge is 0.379 e. The monoisotopic (exact) mass is 179 g/mol. The Kier molecular flexibility index (Phi) is 1.86. The van der Waals surface area contributed by atoms with Crippen LogP contribution in [0.15, 0.2) is 11.6 Å². The first-order valence-electron chi connectivity index (χ1n) is 2.56. The third-order valence-electron chi connectivity index (χ3n) is 1.06. The molecule has 1 heterocycles. The van der Waals surface area contributed by atoms with Crippen molar-refractivity contribution in [2.24, 2.45) is 0 Å². The van der Waals surface area contributed by atoms with E-state index in [0.717, 1.165) is 23.1 Å². The van der Waals surface area contributed by atoms with Crippen molar-refractivity contribution in [3.05, 3.63) is 17.1 Å². The van der Waals surface area contributed by atoms with E-state index in [-0.39, 0.29) is 0 Å². The van der Waals surface area contributed by atoms with Crippen LogP contribution < -0.4 is 0 Å². The second-order valence-corrected chi connectivity index (χ2v) is 2.45. The Morgan fingerprint density at radius 3 is 2.73 bits per heavy atom. The summed E-state index contributed by atoms with van der Waals surface area (Å²) in [6, 6.07) is 0. The molecule has 0 unspecified atom stereocenters. The summed E-state index contributed by atoms with van der Waals surface area (Å²) < 4.78 is 28.3. The van der Waals surface area contributed by atoms with Gasteiger partial charge in [-0.3, -0.25) is 0 Å². The molecule has 11 heavy (non-hydrogen) atoms. The van der Waals surface area contributed by atoms with Gasteiger partial charge in [-0.15, -0.1) is 0 Å². The molecule has 0 radical (unpaired) electrons. The predicted molar refractivity (Wildman–Crippen MR) is 33.6 cm³/mol. The Hall–Kier alpha value is -1.04. The highest BCUT2D eigenvalue weighted by molar-refractivity contribution is 7.03. The summed E-state index contributed by atoms with van der Waals surface area (Å²) in [5.41, 5.74) is -0.574. The molecular formula is C5H3F2NO2S. The zero-order valence-electron chi connectivity index (χ0n) is 5.12. The molecule has 0 aromatic carbocycles. The number of rotatable bonds is 2. The van der Waals surface area contributed by atoms with E-state index in [2.05, 4.69) is 4.37 Å². The average Bonchev–Trinajstić information content (AvgIpc) is 2.37. The lowest BCUT2D eigenvalue weighted by molar-refractivity contribution is -0.166. The highest BCUT2D eigenvalue weighted by Gasteiger charge is 2.41. The van der Waals surface area contributed by atoms with E-state index >= 15 is 0 Å². The van der Waals surface area contributed by atoms with Crippen molar-refractivity contribution in [1.82, 2.24) is 4.37 Å². The van der Waals surface area contributed by atoms with Crippen LogP contribution in [0.1, 0.15) is 5.56 Å². The number of alkyl halides is 2. The van der Waals surface area contributed by atoms with Crippen LogP contribution in [0.2, 0.25) is 0 Å². The van der Waals surface area contributed by atoms with Crippen LogP contribution in [-0.4, -0.2) is 15.4 Å². The lowest BCUT2D eigenvalue weighted by Gasteiger charge is -2.06. The molecule has 3 nitrogen and oxygen atoms in total. The first kappa shape index (κ1) is 8.06. The lowest BCUT2D eigenvalue weighted by Crippen LogP contribution is -2.24. The number of carboxylic acid groups (broad SMARTS) is 1. The van der Waals surface area contributed by atoms with Gasteiger partial charge in [0.05, 0.1) is 11.8 Å². The molecule has 0 spiro atoms. The summed E-state index contributed by atoms with van der Waals surface area (Å²) in [5, 5.41) is 9.05. The molecular weight excluding hydrogens is 176 g/mol. The van der Waals surface area contributed by atoms with E-state index in [4.69, 9.17) is 5.11 Å². The van der Waals surface area contributed by atoms with Crippen LogP contribution in [0, 0.1) is 0 Å². The minimum Gasteiger partial charge on any atom is -0.477 e. The van der Waals surface area contributed by atoms with Crippen molar-refractivity contribution in [2.45, 2.75) is 5.92 Å². The van der Waals surface area contributed by atoms with E-state index < -0.39 is 17.5 Å². The van der Waals surface area contributed by atoms with Gasteiger partial charge in [0, 0.05) is 5.38 Å². The molecule has 0 saturated carbocycles. The maximum atomic E-state index is 12.5. The van der Waals surface area contributed by atoms with Crippen LogP contribution in [-0.2, 0) is 10.7 Å². The van der Waals surface area contributed by atoms with Gasteiger partial charge in [0.1, 0.15) is 0 Å². The number of halogens is 2. The van der Waals surface area contributed by atoms with E-state index in [1.54, 1.807) is 0 Å². The highest BCUT2D eigenvalue weighted by Crippen LogP contribution is 2.28. The van der Waals surface area contributed by atoms with E-state index in [1.807, 2.05) is 0 Å². The average molecular weight is 179 g/mol. The minimum absolute atomic E-state index is 0.574. The van der Waals surface area contributed by atoms with Gasteiger partial charge in [-0.2, -0.15) is 8.78 Å². The summed E-state index contributed by atoms with van der Waals surface area (Å²) >= 11 is 0.791. The molecule has 0 saturated heterocycles. The molecule has 1 aromatic heterocycles. The molecule has 6 heteroatoms. The van der Waals surface area contributed by atoms with Crippen molar-refractivity contribution in [2.75, 3.05) is 0 Å². The van der Waals surface area contributed by atoms with Gasteiger partial charge in [0.2, 0.25) is 0 Å². The van der Waals surface area contributed by atoms with Gasteiger partial charge >= 0.3 is 11.9 Å². The standard InChI is InChI=1S/C5H3F2NO2S/c6-5(7,4(9)10)3-1-8-11-2-3/h1-2H,(H,9,10). The van der Waals surface area contributed by atoms with Crippen molar-refractivity contribution in [3.63, 3.8) is 0 Å². The first-order valence-corrected chi connectivity index (χ1v) is 3.40. The highest BCUT2D eigenvalue weighted by atomic mass is 32.1. The predicted octanol–water partition coefficient (Wildman–Crippen LogP) is 1.32. The molecule has 0 bridgehead atoms.